The van der Waals surface area contributed by atoms with Gasteiger partial charge in [0, 0.05) is 16.2 Å². The minimum absolute atomic E-state index is 0.0954. The van der Waals surface area contributed by atoms with E-state index in [9.17, 15) is 5.11 Å². The molecule has 0 aliphatic heterocycles. The summed E-state index contributed by atoms with van der Waals surface area (Å²) in [7, 11) is 0. The molecule has 4 nitrogen and oxygen atoms in total. The van der Waals surface area contributed by atoms with Crippen LogP contribution >= 0.6 is 0 Å². The Morgan fingerprint density at radius 1 is 0.875 bits per heavy atom. The van der Waals surface area contributed by atoms with Gasteiger partial charge >= 0.3 is 0 Å². The lowest BCUT2D eigenvalue weighted by Crippen LogP contribution is -2.21. The minimum atomic E-state index is -0.988. The lowest BCUT2D eigenvalue weighted by atomic mass is 9.83. The molecule has 1 N–H and O–H groups in total. The average Bonchev–Trinajstić information content (AvgIpc) is 3.33. The van der Waals surface area contributed by atoms with Crippen LogP contribution in [0.5, 0.6) is 0 Å². The van der Waals surface area contributed by atoms with Crippen molar-refractivity contribution in [1.29, 1.82) is 0 Å². The van der Waals surface area contributed by atoms with Crippen LogP contribution in [0.2, 0.25) is 0 Å². The summed E-state index contributed by atoms with van der Waals surface area (Å²) in [5, 5.41) is 16.7. The van der Waals surface area contributed by atoms with Gasteiger partial charge in [-0.3, -0.25) is 0 Å². The number of aromatic nitrogens is 2. The molecule has 2 heterocycles. The second kappa shape index (κ2) is 7.63. The zero-order chi connectivity index (χ0) is 23.3. The number of aliphatic hydroxyl groups is 1. The molecule has 0 saturated carbocycles. The van der Waals surface area contributed by atoms with Gasteiger partial charge in [-0.2, -0.15) is 5.10 Å². The fourth-order valence-electron chi connectivity index (χ4n) is 4.05. The fraction of sp³-hybridized carbons (Fsp3) is 0.393. The van der Waals surface area contributed by atoms with Crippen LogP contribution in [0.25, 0.3) is 16.7 Å². The highest BCUT2D eigenvalue weighted by Gasteiger charge is 2.28. The minimum Gasteiger partial charge on any atom is -0.460 e. The number of benzene rings is 2. The SMILES string of the molecule is CC(C)(C)c1cc(C(C)(C)O)n(-c2ccc(CC(C)(C)c3cc4ccccc4o3)cc2)n1. The molecule has 0 aliphatic carbocycles. The Labute approximate surface area is 190 Å². The van der Waals surface area contributed by atoms with Gasteiger partial charge in [-0.25, -0.2) is 4.68 Å². The normalized spacial score (nSPS) is 13.1. The van der Waals surface area contributed by atoms with Crippen molar-refractivity contribution in [2.45, 2.75) is 71.3 Å². The zero-order valence-corrected chi connectivity index (χ0v) is 20.2. The quantitative estimate of drug-likeness (QED) is 0.385. The van der Waals surface area contributed by atoms with Crippen molar-refractivity contribution in [2.75, 3.05) is 0 Å². The summed E-state index contributed by atoms with van der Waals surface area (Å²) >= 11 is 0. The lowest BCUT2D eigenvalue weighted by Gasteiger charge is -2.22. The van der Waals surface area contributed by atoms with Crippen molar-refractivity contribution >= 4 is 11.0 Å². The monoisotopic (exact) mass is 430 g/mol. The van der Waals surface area contributed by atoms with E-state index in [-0.39, 0.29) is 10.8 Å². The molecule has 0 aliphatic rings. The Bertz CT molecular complexity index is 1200. The number of nitrogens with zero attached hydrogens (tertiary/aromatic N) is 2. The number of fused-ring (bicyclic) bond motifs is 1. The topological polar surface area (TPSA) is 51.2 Å². The fourth-order valence-corrected chi connectivity index (χ4v) is 4.05. The molecule has 0 fully saturated rings. The molecule has 0 atom stereocenters. The molecule has 4 heteroatoms. The summed E-state index contributed by atoms with van der Waals surface area (Å²) in [6.45, 7) is 14.4. The van der Waals surface area contributed by atoms with Crippen LogP contribution in [0, 0.1) is 0 Å². The first kappa shape index (κ1) is 22.3. The number of hydrogen-bond acceptors (Lipinski definition) is 3. The summed E-state index contributed by atoms with van der Waals surface area (Å²) in [5.74, 6) is 0.994. The Hall–Kier alpha value is -2.85. The molecule has 2 aromatic carbocycles. The molecule has 0 bridgehead atoms. The summed E-state index contributed by atoms with van der Waals surface area (Å²) in [6.07, 6.45) is 0.859. The number of hydrogen-bond donors (Lipinski definition) is 1. The second-order valence-corrected chi connectivity index (χ2v) is 11.0. The summed E-state index contributed by atoms with van der Waals surface area (Å²) in [6, 6.07) is 20.8. The third-order valence-corrected chi connectivity index (χ3v) is 6.02. The van der Waals surface area contributed by atoms with Crippen LogP contribution < -0.4 is 0 Å². The van der Waals surface area contributed by atoms with Crippen molar-refractivity contribution in [3.63, 3.8) is 0 Å². The van der Waals surface area contributed by atoms with E-state index >= 15 is 0 Å². The van der Waals surface area contributed by atoms with Crippen molar-refractivity contribution < 1.29 is 9.52 Å². The average molecular weight is 431 g/mol. The first-order chi connectivity index (χ1) is 14.8. The number of furan rings is 1. The summed E-state index contributed by atoms with van der Waals surface area (Å²) in [5.41, 5.74) is 3.64. The highest BCUT2D eigenvalue weighted by Crippen LogP contribution is 2.33. The number of para-hydroxylation sites is 1. The smallest absolute Gasteiger partial charge is 0.134 e. The van der Waals surface area contributed by atoms with Crippen LogP contribution in [0.15, 0.2) is 65.1 Å². The molecule has 0 saturated heterocycles. The van der Waals surface area contributed by atoms with Crippen LogP contribution in [0.3, 0.4) is 0 Å². The second-order valence-electron chi connectivity index (χ2n) is 11.0. The highest BCUT2D eigenvalue weighted by molar-refractivity contribution is 5.78. The molecule has 168 valence electrons. The third kappa shape index (κ3) is 4.37. The van der Waals surface area contributed by atoms with Gasteiger partial charge in [0.15, 0.2) is 0 Å². The van der Waals surface area contributed by atoms with E-state index in [1.165, 1.54) is 5.56 Å². The Kier molecular flexibility index (Phi) is 5.33. The molecule has 4 rings (SSSR count). The van der Waals surface area contributed by atoms with E-state index in [0.717, 1.165) is 40.2 Å². The van der Waals surface area contributed by atoms with Gasteiger partial charge in [-0.1, -0.05) is 65.0 Å². The molecular weight excluding hydrogens is 396 g/mol. The largest absolute Gasteiger partial charge is 0.460 e. The maximum absolute atomic E-state index is 10.7. The molecule has 2 aromatic heterocycles. The molecule has 0 spiro atoms. The van der Waals surface area contributed by atoms with E-state index in [1.54, 1.807) is 13.8 Å². The molecule has 0 radical (unpaired) electrons. The van der Waals surface area contributed by atoms with Crippen molar-refractivity contribution in [1.82, 2.24) is 9.78 Å². The van der Waals surface area contributed by atoms with E-state index < -0.39 is 5.60 Å². The zero-order valence-electron chi connectivity index (χ0n) is 20.2. The molecule has 0 amide bonds. The molecule has 32 heavy (non-hydrogen) atoms. The Balaban J connectivity index is 1.63. The standard InChI is InChI=1S/C28H34N2O2/c1-26(2,3)23-17-24(28(6,7)31)30(29-23)21-14-12-19(13-15-21)18-27(4,5)25-16-20-10-8-9-11-22(20)32-25/h8-17,31H,18H2,1-7H3. The predicted octanol–water partition coefficient (Wildman–Crippen LogP) is 6.66. The van der Waals surface area contributed by atoms with E-state index in [2.05, 4.69) is 71.0 Å². The predicted molar refractivity (Wildman–Crippen MR) is 130 cm³/mol. The molecule has 0 unspecified atom stereocenters. The maximum Gasteiger partial charge on any atom is 0.134 e. The van der Waals surface area contributed by atoms with Gasteiger partial charge in [0.05, 0.1) is 17.1 Å². The van der Waals surface area contributed by atoms with Crippen LogP contribution in [0.1, 0.15) is 71.2 Å². The summed E-state index contributed by atoms with van der Waals surface area (Å²) in [4.78, 5) is 0. The lowest BCUT2D eigenvalue weighted by molar-refractivity contribution is 0.0711. The van der Waals surface area contributed by atoms with E-state index in [0.29, 0.717) is 0 Å². The molecule has 4 aromatic rings. The van der Waals surface area contributed by atoms with Crippen molar-refractivity contribution in [3.05, 3.63) is 83.4 Å². The van der Waals surface area contributed by atoms with E-state index in [4.69, 9.17) is 9.52 Å². The van der Waals surface area contributed by atoms with Gasteiger partial charge in [0.25, 0.3) is 0 Å². The van der Waals surface area contributed by atoms with E-state index in [1.807, 2.05) is 28.9 Å². The molecular formula is C28H34N2O2. The van der Waals surface area contributed by atoms with Crippen molar-refractivity contribution in [3.8, 4) is 5.69 Å². The van der Waals surface area contributed by atoms with Gasteiger partial charge < -0.3 is 9.52 Å². The Morgan fingerprint density at radius 2 is 1.53 bits per heavy atom. The van der Waals surface area contributed by atoms with Gasteiger partial charge in [-0.05, 0) is 56.2 Å². The highest BCUT2D eigenvalue weighted by atomic mass is 16.3. The summed E-state index contributed by atoms with van der Waals surface area (Å²) < 4.78 is 8.01. The first-order valence-electron chi connectivity index (χ1n) is 11.3. The third-order valence-electron chi connectivity index (χ3n) is 6.02. The van der Waals surface area contributed by atoms with Crippen LogP contribution in [-0.4, -0.2) is 14.9 Å². The van der Waals surface area contributed by atoms with Gasteiger partial charge in [0.2, 0.25) is 0 Å². The van der Waals surface area contributed by atoms with Crippen LogP contribution in [-0.2, 0) is 22.9 Å². The first-order valence-corrected chi connectivity index (χ1v) is 11.3. The van der Waals surface area contributed by atoms with Gasteiger partial charge in [-0.15, -0.1) is 0 Å². The van der Waals surface area contributed by atoms with Gasteiger partial charge in [0.1, 0.15) is 16.9 Å². The Morgan fingerprint density at radius 3 is 2.12 bits per heavy atom. The van der Waals surface area contributed by atoms with Crippen LogP contribution in [0.4, 0.5) is 0 Å². The number of rotatable bonds is 5. The van der Waals surface area contributed by atoms with Crippen molar-refractivity contribution in [2.24, 2.45) is 0 Å². The maximum atomic E-state index is 10.7.